The van der Waals surface area contributed by atoms with Crippen LogP contribution in [0.4, 0.5) is 5.69 Å². The SMILES string of the molecule is COC(=O)[C@](O)(c1ccc(Cl)nc1)[C@@](C)(Nc1ccccc1)c1ccc(Cl)cc1. The van der Waals surface area contributed by atoms with Gasteiger partial charge in [-0.15, -0.1) is 0 Å². The lowest BCUT2D eigenvalue weighted by molar-refractivity contribution is -0.171. The molecule has 0 aliphatic carbocycles. The Morgan fingerprint density at radius 1 is 1.00 bits per heavy atom. The molecule has 0 aliphatic heterocycles. The Morgan fingerprint density at radius 3 is 2.17 bits per heavy atom. The van der Waals surface area contributed by atoms with E-state index in [1.165, 1.54) is 19.4 Å². The van der Waals surface area contributed by atoms with Crippen molar-refractivity contribution in [2.45, 2.75) is 18.1 Å². The Bertz CT molecular complexity index is 981. The summed E-state index contributed by atoms with van der Waals surface area (Å²) >= 11 is 12.0. The van der Waals surface area contributed by atoms with Crippen LogP contribution in [-0.4, -0.2) is 23.2 Å². The Kier molecular flexibility index (Phi) is 6.13. The molecule has 5 nitrogen and oxygen atoms in total. The van der Waals surface area contributed by atoms with Gasteiger partial charge in [0.15, 0.2) is 0 Å². The van der Waals surface area contributed by atoms with Crippen LogP contribution < -0.4 is 5.32 Å². The monoisotopic (exact) mass is 430 g/mol. The van der Waals surface area contributed by atoms with E-state index in [4.69, 9.17) is 27.9 Å². The number of rotatable bonds is 6. The average molecular weight is 431 g/mol. The predicted molar refractivity (Wildman–Crippen MR) is 114 cm³/mol. The molecule has 3 aromatic rings. The second-order valence-corrected chi connectivity index (χ2v) is 7.52. The maximum atomic E-state index is 13.0. The summed E-state index contributed by atoms with van der Waals surface area (Å²) < 4.78 is 5.01. The van der Waals surface area contributed by atoms with Gasteiger partial charge in [-0.1, -0.05) is 59.6 Å². The van der Waals surface area contributed by atoms with Crippen LogP contribution >= 0.6 is 23.2 Å². The topological polar surface area (TPSA) is 71.5 Å². The van der Waals surface area contributed by atoms with Gasteiger partial charge in [0, 0.05) is 22.5 Å². The maximum absolute atomic E-state index is 13.0. The van der Waals surface area contributed by atoms with Crippen LogP contribution in [0.1, 0.15) is 18.1 Å². The second kappa shape index (κ2) is 8.41. The molecule has 150 valence electrons. The Morgan fingerprint density at radius 2 is 1.62 bits per heavy atom. The number of pyridine rings is 1. The number of benzene rings is 2. The fraction of sp³-hybridized carbons (Fsp3) is 0.182. The first-order chi connectivity index (χ1) is 13.8. The minimum absolute atomic E-state index is 0.231. The van der Waals surface area contributed by atoms with E-state index in [2.05, 4.69) is 10.3 Å². The molecular weight excluding hydrogens is 411 g/mol. The van der Waals surface area contributed by atoms with Crippen LogP contribution in [-0.2, 0) is 20.7 Å². The zero-order chi connectivity index (χ0) is 21.1. The third kappa shape index (κ3) is 3.94. The van der Waals surface area contributed by atoms with E-state index in [0.29, 0.717) is 16.3 Å². The van der Waals surface area contributed by atoms with Gasteiger partial charge in [-0.25, -0.2) is 9.78 Å². The van der Waals surface area contributed by atoms with Crippen molar-refractivity contribution >= 4 is 34.9 Å². The molecule has 0 bridgehead atoms. The quantitative estimate of drug-likeness (QED) is 0.434. The first-order valence-corrected chi connectivity index (χ1v) is 9.59. The van der Waals surface area contributed by atoms with E-state index in [1.807, 2.05) is 30.3 Å². The normalized spacial score (nSPS) is 15.1. The molecule has 0 aliphatic rings. The number of hydrogen-bond donors (Lipinski definition) is 2. The number of para-hydroxylation sites is 1. The molecule has 0 amide bonds. The zero-order valence-electron chi connectivity index (χ0n) is 15.9. The lowest BCUT2D eigenvalue weighted by Gasteiger charge is -2.44. The summed E-state index contributed by atoms with van der Waals surface area (Å²) in [7, 11) is 1.22. The summed E-state index contributed by atoms with van der Waals surface area (Å²) in [4.78, 5) is 17.0. The molecule has 2 atom stereocenters. The van der Waals surface area contributed by atoms with Crippen molar-refractivity contribution in [3.05, 3.63) is 94.2 Å². The number of anilines is 1. The van der Waals surface area contributed by atoms with Crippen molar-refractivity contribution in [2.75, 3.05) is 12.4 Å². The molecule has 0 fully saturated rings. The van der Waals surface area contributed by atoms with Crippen LogP contribution in [0.15, 0.2) is 72.9 Å². The number of aliphatic hydroxyl groups is 1. The highest BCUT2D eigenvalue weighted by Gasteiger charge is 2.56. The number of nitrogens with zero attached hydrogens (tertiary/aromatic N) is 1. The van der Waals surface area contributed by atoms with Crippen LogP contribution in [0.25, 0.3) is 0 Å². The Balaban J connectivity index is 2.26. The van der Waals surface area contributed by atoms with Gasteiger partial charge in [-0.2, -0.15) is 0 Å². The number of aromatic nitrogens is 1. The van der Waals surface area contributed by atoms with Gasteiger partial charge in [0.1, 0.15) is 10.7 Å². The number of hydrogen-bond acceptors (Lipinski definition) is 5. The van der Waals surface area contributed by atoms with Crippen molar-refractivity contribution < 1.29 is 14.6 Å². The standard InChI is InChI=1S/C22H20Cl2N2O3/c1-21(15-8-11-17(23)12-9-15,26-18-6-4-3-5-7-18)22(28,20(27)29-2)16-10-13-19(24)25-14-16/h3-14,26,28H,1-2H3/t21-,22+/m0/s1. The molecule has 3 rings (SSSR count). The summed E-state index contributed by atoms with van der Waals surface area (Å²) in [5, 5.41) is 16.0. The van der Waals surface area contributed by atoms with Gasteiger partial charge in [0.25, 0.3) is 0 Å². The second-order valence-electron chi connectivity index (χ2n) is 6.69. The molecule has 1 aromatic heterocycles. The van der Waals surface area contributed by atoms with Gasteiger partial charge in [0.2, 0.25) is 5.60 Å². The fourth-order valence-corrected chi connectivity index (χ4v) is 3.55. The largest absolute Gasteiger partial charge is 0.467 e. The average Bonchev–Trinajstić information content (AvgIpc) is 2.74. The number of carbonyl (C=O) groups excluding carboxylic acids is 1. The maximum Gasteiger partial charge on any atom is 0.345 e. The number of nitrogens with one attached hydrogen (secondary N) is 1. The number of carbonyl (C=O) groups is 1. The van der Waals surface area contributed by atoms with Gasteiger partial charge in [0.05, 0.1) is 7.11 Å². The van der Waals surface area contributed by atoms with Crippen molar-refractivity contribution in [2.24, 2.45) is 0 Å². The van der Waals surface area contributed by atoms with E-state index < -0.39 is 17.1 Å². The molecule has 7 heteroatoms. The Hall–Kier alpha value is -2.60. The van der Waals surface area contributed by atoms with Gasteiger partial charge < -0.3 is 15.2 Å². The number of halogens is 2. The first-order valence-electron chi connectivity index (χ1n) is 8.83. The third-order valence-electron chi connectivity index (χ3n) is 4.94. The van der Waals surface area contributed by atoms with Crippen molar-refractivity contribution in [3.63, 3.8) is 0 Å². The molecule has 2 N–H and O–H groups in total. The predicted octanol–water partition coefficient (Wildman–Crippen LogP) is 4.78. The summed E-state index contributed by atoms with van der Waals surface area (Å²) in [6, 6.07) is 19.2. The van der Waals surface area contributed by atoms with E-state index in [1.54, 1.807) is 37.3 Å². The van der Waals surface area contributed by atoms with E-state index >= 15 is 0 Å². The number of ether oxygens (including phenoxy) is 1. The summed E-state index contributed by atoms with van der Waals surface area (Å²) in [5.41, 5.74) is -1.93. The lowest BCUT2D eigenvalue weighted by atomic mass is 9.72. The highest BCUT2D eigenvalue weighted by molar-refractivity contribution is 6.30. The first kappa shape index (κ1) is 21.1. The number of methoxy groups -OCH3 is 1. The third-order valence-corrected chi connectivity index (χ3v) is 5.41. The van der Waals surface area contributed by atoms with Crippen molar-refractivity contribution in [1.29, 1.82) is 0 Å². The van der Waals surface area contributed by atoms with E-state index in [9.17, 15) is 9.90 Å². The van der Waals surface area contributed by atoms with E-state index in [0.717, 1.165) is 0 Å². The lowest BCUT2D eigenvalue weighted by Crippen LogP contribution is -2.57. The van der Waals surface area contributed by atoms with Crippen LogP contribution in [0, 0.1) is 0 Å². The molecule has 29 heavy (non-hydrogen) atoms. The molecule has 1 heterocycles. The fourth-order valence-electron chi connectivity index (χ4n) is 3.31. The van der Waals surface area contributed by atoms with Gasteiger partial charge in [-0.05, 0) is 42.8 Å². The molecule has 2 aromatic carbocycles. The van der Waals surface area contributed by atoms with Crippen LogP contribution in [0.5, 0.6) is 0 Å². The molecule has 0 radical (unpaired) electrons. The summed E-state index contributed by atoms with van der Waals surface area (Å²) in [6.45, 7) is 1.72. The highest BCUT2D eigenvalue weighted by Crippen LogP contribution is 2.44. The van der Waals surface area contributed by atoms with Crippen LogP contribution in [0.2, 0.25) is 10.2 Å². The minimum Gasteiger partial charge on any atom is -0.467 e. The molecule has 0 unspecified atom stereocenters. The van der Waals surface area contributed by atoms with Crippen LogP contribution in [0.3, 0.4) is 0 Å². The van der Waals surface area contributed by atoms with Crippen molar-refractivity contribution in [1.82, 2.24) is 4.98 Å². The summed E-state index contributed by atoms with van der Waals surface area (Å²) in [5.74, 6) is -0.845. The Labute approximate surface area is 179 Å². The molecule has 0 saturated heterocycles. The van der Waals surface area contributed by atoms with E-state index in [-0.39, 0.29) is 10.7 Å². The minimum atomic E-state index is -2.14. The van der Waals surface area contributed by atoms with Gasteiger partial charge in [-0.3, -0.25) is 0 Å². The molecule has 0 spiro atoms. The number of esters is 1. The summed E-state index contributed by atoms with van der Waals surface area (Å²) in [6.07, 6.45) is 1.36. The van der Waals surface area contributed by atoms with Gasteiger partial charge >= 0.3 is 5.97 Å². The molecular formula is C22H20Cl2N2O3. The smallest absolute Gasteiger partial charge is 0.345 e. The zero-order valence-corrected chi connectivity index (χ0v) is 17.4. The van der Waals surface area contributed by atoms with Crippen molar-refractivity contribution in [3.8, 4) is 0 Å². The molecule has 0 saturated carbocycles. The highest BCUT2D eigenvalue weighted by atomic mass is 35.5.